The highest BCUT2D eigenvalue weighted by molar-refractivity contribution is 6.34. The summed E-state index contributed by atoms with van der Waals surface area (Å²) >= 11 is 0. The molecule has 0 bridgehead atoms. The average molecular weight is 375 g/mol. The standard InChI is InChI=1S/C20H17BO3.C3H9N/c22-21(23)24-20(18-14-8-3-9-15-18)19(16-10-4-1-5-11-16)17-12-6-2-7-13-17;1-4(2)3/h1-15,22-23H;1-3H3. The summed E-state index contributed by atoms with van der Waals surface area (Å²) < 4.78 is 5.40. The maximum Gasteiger partial charge on any atom is 0.707 e. The zero-order valence-corrected chi connectivity index (χ0v) is 16.5. The van der Waals surface area contributed by atoms with E-state index in [4.69, 9.17) is 4.65 Å². The van der Waals surface area contributed by atoms with Gasteiger partial charge in [-0.25, -0.2) is 0 Å². The van der Waals surface area contributed by atoms with Gasteiger partial charge in [-0.1, -0.05) is 91.0 Å². The molecule has 2 N–H and O–H groups in total. The largest absolute Gasteiger partial charge is 0.707 e. The van der Waals surface area contributed by atoms with E-state index >= 15 is 0 Å². The Kier molecular flexibility index (Phi) is 8.50. The molecule has 0 saturated heterocycles. The van der Waals surface area contributed by atoms with E-state index in [1.165, 1.54) is 0 Å². The molecule has 0 aliphatic rings. The van der Waals surface area contributed by atoms with Gasteiger partial charge in [-0.05, 0) is 32.3 Å². The fourth-order valence-electron chi connectivity index (χ4n) is 2.60. The van der Waals surface area contributed by atoms with Crippen molar-refractivity contribution in [2.75, 3.05) is 21.1 Å². The fraction of sp³-hybridized carbons (Fsp3) is 0.130. The summed E-state index contributed by atoms with van der Waals surface area (Å²) in [4.78, 5) is 2.00. The van der Waals surface area contributed by atoms with Crippen LogP contribution in [0.2, 0.25) is 0 Å². The lowest BCUT2D eigenvalue weighted by molar-refractivity contribution is 0.271. The molecular weight excluding hydrogens is 349 g/mol. The summed E-state index contributed by atoms with van der Waals surface area (Å²) in [6.45, 7) is 0. The molecule has 0 aliphatic carbocycles. The van der Waals surface area contributed by atoms with Crippen LogP contribution >= 0.6 is 0 Å². The molecule has 0 saturated carbocycles. The third-order valence-electron chi connectivity index (χ3n) is 3.61. The van der Waals surface area contributed by atoms with E-state index in [0.717, 1.165) is 22.3 Å². The molecule has 0 atom stereocenters. The van der Waals surface area contributed by atoms with Crippen molar-refractivity contribution in [3.05, 3.63) is 108 Å². The molecule has 144 valence electrons. The van der Waals surface area contributed by atoms with E-state index in [1.54, 1.807) is 0 Å². The highest BCUT2D eigenvalue weighted by atomic mass is 16.6. The zero-order valence-electron chi connectivity index (χ0n) is 16.5. The van der Waals surface area contributed by atoms with Gasteiger partial charge in [0, 0.05) is 11.1 Å². The number of rotatable bonds is 5. The minimum atomic E-state index is -1.90. The first kappa shape index (κ1) is 21.4. The Hall–Kier alpha value is -2.86. The van der Waals surface area contributed by atoms with Crippen molar-refractivity contribution in [1.29, 1.82) is 0 Å². The Bertz CT molecular complexity index is 807. The number of benzene rings is 3. The van der Waals surface area contributed by atoms with Crippen molar-refractivity contribution in [1.82, 2.24) is 4.90 Å². The van der Waals surface area contributed by atoms with Crippen LogP contribution in [-0.4, -0.2) is 43.4 Å². The zero-order chi connectivity index (χ0) is 20.4. The Labute approximate surface area is 167 Å². The predicted octanol–water partition coefficient (Wildman–Crippen LogP) is 3.77. The maximum absolute atomic E-state index is 9.43. The van der Waals surface area contributed by atoms with Crippen LogP contribution in [0, 0.1) is 0 Å². The minimum Gasteiger partial charge on any atom is -0.511 e. The molecule has 3 rings (SSSR count). The van der Waals surface area contributed by atoms with Crippen molar-refractivity contribution in [2.45, 2.75) is 0 Å². The second-order valence-corrected chi connectivity index (χ2v) is 6.59. The molecule has 0 amide bonds. The summed E-state index contributed by atoms with van der Waals surface area (Å²) in [6, 6.07) is 29.0. The molecule has 0 unspecified atom stereocenters. The molecule has 0 spiro atoms. The van der Waals surface area contributed by atoms with Crippen molar-refractivity contribution >= 4 is 18.7 Å². The molecule has 0 fully saturated rings. The summed E-state index contributed by atoms with van der Waals surface area (Å²) in [7, 11) is 4.10. The van der Waals surface area contributed by atoms with Crippen molar-refractivity contribution in [3.63, 3.8) is 0 Å². The van der Waals surface area contributed by atoms with Gasteiger partial charge in [-0.2, -0.15) is 0 Å². The second kappa shape index (κ2) is 11.1. The minimum absolute atomic E-state index is 0.419. The van der Waals surface area contributed by atoms with Gasteiger partial charge in [-0.3, -0.25) is 0 Å². The second-order valence-electron chi connectivity index (χ2n) is 6.59. The number of hydrogen-bond donors (Lipinski definition) is 2. The third-order valence-corrected chi connectivity index (χ3v) is 3.61. The lowest BCUT2D eigenvalue weighted by atomic mass is 9.93. The molecule has 0 heterocycles. The molecule has 4 nitrogen and oxygen atoms in total. The lowest BCUT2D eigenvalue weighted by Crippen LogP contribution is -2.17. The number of nitrogens with zero attached hydrogens (tertiary/aromatic N) is 1. The smallest absolute Gasteiger partial charge is 0.511 e. The SMILES string of the molecule is CN(C)C.OB(O)OC(=C(c1ccccc1)c1ccccc1)c1ccccc1. The molecule has 3 aromatic rings. The van der Waals surface area contributed by atoms with Gasteiger partial charge in [0.05, 0.1) is 0 Å². The predicted molar refractivity (Wildman–Crippen MR) is 116 cm³/mol. The molecule has 3 aromatic carbocycles. The van der Waals surface area contributed by atoms with Gasteiger partial charge >= 0.3 is 7.32 Å². The van der Waals surface area contributed by atoms with Crippen LogP contribution in [0.25, 0.3) is 11.3 Å². The first-order chi connectivity index (χ1) is 13.5. The van der Waals surface area contributed by atoms with Gasteiger partial charge < -0.3 is 19.6 Å². The normalized spacial score (nSPS) is 9.93. The molecule has 28 heavy (non-hydrogen) atoms. The van der Waals surface area contributed by atoms with Crippen molar-refractivity contribution in [3.8, 4) is 0 Å². The average Bonchev–Trinajstić information content (AvgIpc) is 2.69. The lowest BCUT2D eigenvalue weighted by Gasteiger charge is -2.18. The Morgan fingerprint density at radius 2 is 0.964 bits per heavy atom. The quantitative estimate of drug-likeness (QED) is 0.405. The van der Waals surface area contributed by atoms with Crippen LogP contribution < -0.4 is 0 Å². The van der Waals surface area contributed by atoms with Crippen LogP contribution in [0.5, 0.6) is 0 Å². The first-order valence-electron chi connectivity index (χ1n) is 9.03. The van der Waals surface area contributed by atoms with Gasteiger partial charge in [0.2, 0.25) is 0 Å². The van der Waals surface area contributed by atoms with E-state index in [-0.39, 0.29) is 0 Å². The van der Waals surface area contributed by atoms with Crippen LogP contribution in [-0.2, 0) is 4.65 Å². The van der Waals surface area contributed by atoms with E-state index in [1.807, 2.05) is 117 Å². The van der Waals surface area contributed by atoms with Crippen LogP contribution in [0.4, 0.5) is 0 Å². The molecule has 0 radical (unpaired) electrons. The van der Waals surface area contributed by atoms with Crippen LogP contribution in [0.3, 0.4) is 0 Å². The van der Waals surface area contributed by atoms with Gasteiger partial charge in [0.15, 0.2) is 0 Å². The van der Waals surface area contributed by atoms with Gasteiger partial charge in [0.25, 0.3) is 0 Å². The highest BCUT2D eigenvalue weighted by Gasteiger charge is 2.20. The summed E-state index contributed by atoms with van der Waals surface area (Å²) in [5, 5.41) is 18.9. The number of hydrogen-bond acceptors (Lipinski definition) is 4. The molecule has 0 aliphatic heterocycles. The first-order valence-corrected chi connectivity index (χ1v) is 9.03. The van der Waals surface area contributed by atoms with Crippen LogP contribution in [0.15, 0.2) is 91.0 Å². The van der Waals surface area contributed by atoms with E-state index in [2.05, 4.69) is 0 Å². The van der Waals surface area contributed by atoms with Gasteiger partial charge in [0.1, 0.15) is 5.76 Å². The molecule has 0 aromatic heterocycles. The Morgan fingerprint density at radius 1 is 0.643 bits per heavy atom. The summed E-state index contributed by atoms with van der Waals surface area (Å²) in [5.41, 5.74) is 3.44. The van der Waals surface area contributed by atoms with Gasteiger partial charge in [-0.15, -0.1) is 0 Å². The third kappa shape index (κ3) is 6.70. The highest BCUT2D eigenvalue weighted by Crippen LogP contribution is 2.33. The Morgan fingerprint density at radius 3 is 1.29 bits per heavy atom. The van der Waals surface area contributed by atoms with Crippen molar-refractivity contribution < 1.29 is 14.7 Å². The summed E-state index contributed by atoms with van der Waals surface area (Å²) in [5.74, 6) is 0.419. The fourth-order valence-corrected chi connectivity index (χ4v) is 2.60. The molecular formula is C23H26BNO3. The molecule has 5 heteroatoms. The van der Waals surface area contributed by atoms with E-state index in [9.17, 15) is 10.0 Å². The van der Waals surface area contributed by atoms with Crippen molar-refractivity contribution in [2.24, 2.45) is 0 Å². The Balaban J connectivity index is 0.000000640. The maximum atomic E-state index is 9.43. The summed E-state index contributed by atoms with van der Waals surface area (Å²) in [6.07, 6.45) is 0. The van der Waals surface area contributed by atoms with E-state index < -0.39 is 7.32 Å². The topological polar surface area (TPSA) is 52.9 Å². The van der Waals surface area contributed by atoms with Crippen LogP contribution in [0.1, 0.15) is 16.7 Å². The monoisotopic (exact) mass is 375 g/mol. The van der Waals surface area contributed by atoms with E-state index in [0.29, 0.717) is 5.76 Å².